The van der Waals surface area contributed by atoms with Gasteiger partial charge in [0.2, 0.25) is 0 Å². The van der Waals surface area contributed by atoms with Crippen LogP contribution in [0, 0.1) is 13.8 Å². The molecule has 0 aliphatic heterocycles. The number of carbonyl (C=O) groups is 1. The van der Waals surface area contributed by atoms with Crippen LogP contribution in [0.4, 0.5) is 0 Å². The third-order valence-electron chi connectivity index (χ3n) is 4.54. The van der Waals surface area contributed by atoms with Crippen LogP contribution in [0.15, 0.2) is 48.5 Å². The van der Waals surface area contributed by atoms with Crippen molar-refractivity contribution in [2.45, 2.75) is 33.4 Å². The first-order valence-corrected chi connectivity index (χ1v) is 10.1. The molecule has 0 saturated heterocycles. The molecule has 0 radical (unpaired) electrons. The van der Waals surface area contributed by atoms with Crippen LogP contribution in [-0.2, 0) is 13.2 Å². The van der Waals surface area contributed by atoms with Crippen LogP contribution in [0.5, 0.6) is 5.75 Å². The Balaban J connectivity index is 1.44. The highest BCUT2D eigenvalue weighted by atomic mass is 35.5. The average molecular weight is 432 g/mol. The van der Waals surface area contributed by atoms with Crippen molar-refractivity contribution in [3.63, 3.8) is 0 Å². The lowest BCUT2D eigenvalue weighted by Gasteiger charge is -2.09. The minimum atomic E-state index is -0.0984. The van der Waals surface area contributed by atoms with Crippen molar-refractivity contribution in [3.8, 4) is 5.75 Å². The Morgan fingerprint density at radius 1 is 1.14 bits per heavy atom. The normalized spacial score (nSPS) is 10.8. The summed E-state index contributed by atoms with van der Waals surface area (Å²) in [6.45, 7) is 5.51. The van der Waals surface area contributed by atoms with Gasteiger partial charge < -0.3 is 10.1 Å². The first kappa shape index (κ1) is 21.2. The van der Waals surface area contributed by atoms with Gasteiger partial charge in [-0.05, 0) is 56.2 Å². The number of carbonyl (C=O) groups excluding carboxylic acids is 1. The topological polar surface area (TPSA) is 56.2 Å². The minimum absolute atomic E-state index is 0.0984. The highest BCUT2D eigenvalue weighted by Gasteiger charge is 2.09. The summed E-state index contributed by atoms with van der Waals surface area (Å²) in [6.07, 6.45) is 0.773. The van der Waals surface area contributed by atoms with Gasteiger partial charge in [0.1, 0.15) is 12.4 Å². The molecule has 152 valence electrons. The van der Waals surface area contributed by atoms with E-state index in [2.05, 4.69) is 10.4 Å². The van der Waals surface area contributed by atoms with Gasteiger partial charge in [-0.3, -0.25) is 9.48 Å². The highest BCUT2D eigenvalue weighted by Crippen LogP contribution is 2.19. The second kappa shape index (κ2) is 9.81. The summed E-state index contributed by atoms with van der Waals surface area (Å²) in [6, 6.07) is 14.6. The Bertz CT molecular complexity index is 984. The van der Waals surface area contributed by atoms with Crippen molar-refractivity contribution >= 4 is 29.1 Å². The number of aryl methyl sites for hydroxylation is 2. The van der Waals surface area contributed by atoms with E-state index >= 15 is 0 Å². The molecule has 0 spiro atoms. The highest BCUT2D eigenvalue weighted by molar-refractivity contribution is 6.31. The average Bonchev–Trinajstić information content (AvgIpc) is 2.96. The Labute approximate surface area is 180 Å². The zero-order valence-corrected chi connectivity index (χ0v) is 17.9. The van der Waals surface area contributed by atoms with Crippen LogP contribution in [0.3, 0.4) is 0 Å². The van der Waals surface area contributed by atoms with Gasteiger partial charge in [0, 0.05) is 23.7 Å². The van der Waals surface area contributed by atoms with Crippen molar-refractivity contribution < 1.29 is 9.53 Å². The summed E-state index contributed by atoms with van der Waals surface area (Å²) >= 11 is 12.1. The van der Waals surface area contributed by atoms with Gasteiger partial charge in [0.25, 0.3) is 5.91 Å². The summed E-state index contributed by atoms with van der Waals surface area (Å²) in [7, 11) is 0. The predicted molar refractivity (Wildman–Crippen MR) is 116 cm³/mol. The third kappa shape index (κ3) is 5.75. The van der Waals surface area contributed by atoms with Gasteiger partial charge in [-0.1, -0.05) is 41.4 Å². The van der Waals surface area contributed by atoms with E-state index in [1.165, 1.54) is 0 Å². The van der Waals surface area contributed by atoms with E-state index < -0.39 is 0 Å². The molecule has 2 aromatic carbocycles. The zero-order chi connectivity index (χ0) is 20.8. The molecule has 1 amide bonds. The molecule has 1 heterocycles. The molecule has 1 aromatic heterocycles. The number of hydrogen-bond donors (Lipinski definition) is 1. The summed E-state index contributed by atoms with van der Waals surface area (Å²) in [5, 5.41) is 8.66. The molecule has 3 rings (SSSR count). The van der Waals surface area contributed by atoms with Gasteiger partial charge in [-0.15, -0.1) is 0 Å². The van der Waals surface area contributed by atoms with E-state index in [1.54, 1.807) is 24.3 Å². The third-order valence-corrected chi connectivity index (χ3v) is 5.33. The summed E-state index contributed by atoms with van der Waals surface area (Å²) in [5.74, 6) is 0.613. The lowest BCUT2D eigenvalue weighted by molar-refractivity contribution is 0.0952. The number of rotatable bonds is 8. The number of amides is 1. The fraction of sp³-hybridized carbons (Fsp3) is 0.273. The molecule has 0 unspecified atom stereocenters. The molecule has 3 aromatic rings. The molecule has 1 N–H and O–H groups in total. The predicted octanol–water partition coefficient (Wildman–Crippen LogP) is 5.21. The second-order valence-electron chi connectivity index (χ2n) is 6.76. The lowest BCUT2D eigenvalue weighted by atomic mass is 10.1. The van der Waals surface area contributed by atoms with Crippen molar-refractivity contribution in [3.05, 3.63) is 81.1 Å². The number of nitrogens with one attached hydrogen (secondary N) is 1. The SMILES string of the molecule is Cc1nn(CCCNC(=O)c2ccc(COc3cccc(Cl)c3)cc2)c(C)c1Cl. The van der Waals surface area contributed by atoms with Gasteiger partial charge >= 0.3 is 0 Å². The Morgan fingerprint density at radius 2 is 1.90 bits per heavy atom. The molecule has 0 aliphatic rings. The Morgan fingerprint density at radius 3 is 2.55 bits per heavy atom. The number of nitrogens with zero attached hydrogens (tertiary/aromatic N) is 2. The summed E-state index contributed by atoms with van der Waals surface area (Å²) < 4.78 is 7.59. The lowest BCUT2D eigenvalue weighted by Crippen LogP contribution is -2.25. The van der Waals surface area contributed by atoms with Gasteiger partial charge in [-0.25, -0.2) is 0 Å². The molecule has 0 aliphatic carbocycles. The molecule has 0 saturated carbocycles. The molecule has 7 heteroatoms. The zero-order valence-electron chi connectivity index (χ0n) is 16.4. The van der Waals surface area contributed by atoms with Crippen LogP contribution in [0.25, 0.3) is 0 Å². The van der Waals surface area contributed by atoms with Gasteiger partial charge in [0.15, 0.2) is 0 Å². The number of benzene rings is 2. The standard InChI is InChI=1S/C22H23Cl2N3O2/c1-15-21(24)16(2)27(26-15)12-4-11-25-22(28)18-9-7-17(8-10-18)14-29-20-6-3-5-19(23)13-20/h3,5-10,13H,4,11-12,14H2,1-2H3,(H,25,28). The summed E-state index contributed by atoms with van der Waals surface area (Å²) in [5.41, 5.74) is 3.37. The smallest absolute Gasteiger partial charge is 0.251 e. The van der Waals surface area contributed by atoms with E-state index in [1.807, 2.05) is 42.8 Å². The maximum Gasteiger partial charge on any atom is 0.251 e. The number of hydrogen-bond acceptors (Lipinski definition) is 3. The Hall–Kier alpha value is -2.50. The van der Waals surface area contributed by atoms with Crippen LogP contribution in [0.1, 0.15) is 33.7 Å². The van der Waals surface area contributed by atoms with Crippen LogP contribution >= 0.6 is 23.2 Å². The van der Waals surface area contributed by atoms with Gasteiger partial charge in [-0.2, -0.15) is 5.10 Å². The van der Waals surface area contributed by atoms with E-state index in [0.29, 0.717) is 41.1 Å². The largest absolute Gasteiger partial charge is 0.489 e. The summed E-state index contributed by atoms with van der Waals surface area (Å²) in [4.78, 5) is 12.3. The van der Waals surface area contributed by atoms with Crippen molar-refractivity contribution in [2.24, 2.45) is 0 Å². The Kier molecular flexibility index (Phi) is 7.18. The fourth-order valence-corrected chi connectivity index (χ4v) is 3.22. The van der Waals surface area contributed by atoms with E-state index in [-0.39, 0.29) is 5.91 Å². The first-order valence-electron chi connectivity index (χ1n) is 9.39. The fourth-order valence-electron chi connectivity index (χ4n) is 2.90. The number of halogens is 2. The molecule has 5 nitrogen and oxygen atoms in total. The van der Waals surface area contributed by atoms with Crippen molar-refractivity contribution in [2.75, 3.05) is 6.54 Å². The molecule has 0 atom stereocenters. The molecular formula is C22H23Cl2N3O2. The molecule has 0 bridgehead atoms. The second-order valence-corrected chi connectivity index (χ2v) is 7.57. The van der Waals surface area contributed by atoms with E-state index in [9.17, 15) is 4.79 Å². The number of ether oxygens (including phenoxy) is 1. The van der Waals surface area contributed by atoms with Crippen molar-refractivity contribution in [1.82, 2.24) is 15.1 Å². The first-order chi connectivity index (χ1) is 13.9. The van der Waals surface area contributed by atoms with Crippen LogP contribution in [-0.4, -0.2) is 22.2 Å². The van der Waals surface area contributed by atoms with Crippen LogP contribution in [0.2, 0.25) is 10.0 Å². The minimum Gasteiger partial charge on any atom is -0.489 e. The maximum atomic E-state index is 12.3. The molecular weight excluding hydrogens is 409 g/mol. The van der Waals surface area contributed by atoms with E-state index in [0.717, 1.165) is 23.4 Å². The number of aromatic nitrogens is 2. The molecule has 29 heavy (non-hydrogen) atoms. The van der Waals surface area contributed by atoms with Gasteiger partial charge in [0.05, 0.1) is 16.4 Å². The monoisotopic (exact) mass is 431 g/mol. The maximum absolute atomic E-state index is 12.3. The molecule has 0 fully saturated rings. The quantitative estimate of drug-likeness (QED) is 0.498. The van der Waals surface area contributed by atoms with Crippen molar-refractivity contribution in [1.29, 1.82) is 0 Å². The van der Waals surface area contributed by atoms with Crippen LogP contribution < -0.4 is 10.1 Å². The van der Waals surface area contributed by atoms with E-state index in [4.69, 9.17) is 27.9 Å².